The van der Waals surface area contributed by atoms with Crippen LogP contribution in [0.4, 0.5) is 10.1 Å². The molecule has 2 rings (SSSR count). The normalized spacial score (nSPS) is 23.7. The lowest BCUT2D eigenvalue weighted by molar-refractivity contribution is -0.117. The van der Waals surface area contributed by atoms with Gasteiger partial charge >= 0.3 is 0 Å². The van der Waals surface area contributed by atoms with Crippen LogP contribution in [0, 0.1) is 24.6 Å². The summed E-state index contributed by atoms with van der Waals surface area (Å²) in [5, 5.41) is 2.72. The van der Waals surface area contributed by atoms with Gasteiger partial charge in [-0.05, 0) is 37.0 Å². The number of carbonyl (C=O) groups excluding carboxylic acids is 1. The van der Waals surface area contributed by atoms with Crippen LogP contribution in [-0.2, 0) is 4.79 Å². The van der Waals surface area contributed by atoms with E-state index >= 15 is 0 Å². The lowest BCUT2D eigenvalue weighted by Crippen LogP contribution is -2.14. The van der Waals surface area contributed by atoms with Crippen LogP contribution in [0.2, 0.25) is 0 Å². The van der Waals surface area contributed by atoms with Gasteiger partial charge in [0.05, 0.1) is 0 Å². The van der Waals surface area contributed by atoms with Crippen molar-refractivity contribution in [3.63, 3.8) is 0 Å². The largest absolute Gasteiger partial charge is 0.326 e. The zero-order chi connectivity index (χ0) is 11.0. The number of hydrogen-bond donors (Lipinski definition) is 1. The van der Waals surface area contributed by atoms with Crippen molar-refractivity contribution in [2.75, 3.05) is 5.32 Å². The Bertz CT molecular complexity index is 403. The van der Waals surface area contributed by atoms with Crippen LogP contribution in [0.3, 0.4) is 0 Å². The first-order valence-corrected chi connectivity index (χ1v) is 5.15. The van der Waals surface area contributed by atoms with Gasteiger partial charge in [-0.25, -0.2) is 4.39 Å². The maximum absolute atomic E-state index is 13.2. The van der Waals surface area contributed by atoms with E-state index in [9.17, 15) is 9.18 Å². The molecule has 1 fully saturated rings. The molecule has 2 atom stereocenters. The minimum Gasteiger partial charge on any atom is -0.326 e. The molecule has 0 heterocycles. The van der Waals surface area contributed by atoms with Crippen molar-refractivity contribution in [1.82, 2.24) is 0 Å². The highest BCUT2D eigenvalue weighted by atomic mass is 19.1. The van der Waals surface area contributed by atoms with Crippen molar-refractivity contribution in [3.8, 4) is 0 Å². The molecule has 0 radical (unpaired) electrons. The highest BCUT2D eigenvalue weighted by Gasteiger charge is 2.39. The summed E-state index contributed by atoms with van der Waals surface area (Å²) < 4.78 is 13.2. The molecule has 0 saturated heterocycles. The molecule has 0 bridgehead atoms. The minimum absolute atomic E-state index is 0.00533. The maximum Gasteiger partial charge on any atom is 0.227 e. The molecular formula is C12H14FNO. The molecule has 0 spiro atoms. The molecule has 80 valence electrons. The van der Waals surface area contributed by atoms with Crippen LogP contribution >= 0.6 is 0 Å². The first kappa shape index (κ1) is 10.1. The quantitative estimate of drug-likeness (QED) is 0.793. The highest BCUT2D eigenvalue weighted by Crippen LogP contribution is 2.38. The maximum atomic E-state index is 13.2. The standard InChI is InChI=1S/C12H14FNO/c1-7-3-4-9(6-11(7)13)14-12(15)10-5-8(10)2/h3-4,6,8,10H,5H2,1-2H3,(H,14,15)/t8-,10+/m1/s1. The molecule has 0 unspecified atom stereocenters. The fraction of sp³-hybridized carbons (Fsp3) is 0.417. The van der Waals surface area contributed by atoms with Gasteiger partial charge in [-0.3, -0.25) is 4.79 Å². The van der Waals surface area contributed by atoms with Gasteiger partial charge in [-0.15, -0.1) is 0 Å². The fourth-order valence-corrected chi connectivity index (χ4v) is 1.59. The Morgan fingerprint density at radius 2 is 2.20 bits per heavy atom. The summed E-state index contributed by atoms with van der Waals surface area (Å²) in [5.74, 6) is 0.317. The van der Waals surface area contributed by atoms with E-state index in [-0.39, 0.29) is 17.6 Å². The van der Waals surface area contributed by atoms with E-state index in [1.54, 1.807) is 19.1 Å². The first-order valence-electron chi connectivity index (χ1n) is 5.15. The van der Waals surface area contributed by atoms with Gasteiger partial charge in [-0.2, -0.15) is 0 Å². The zero-order valence-corrected chi connectivity index (χ0v) is 8.88. The van der Waals surface area contributed by atoms with Crippen LogP contribution < -0.4 is 5.32 Å². The van der Waals surface area contributed by atoms with Crippen LogP contribution in [-0.4, -0.2) is 5.91 Å². The molecule has 3 heteroatoms. The molecule has 1 aliphatic carbocycles. The second kappa shape index (κ2) is 3.65. The van der Waals surface area contributed by atoms with Crippen LogP contribution in [0.5, 0.6) is 0 Å². The Morgan fingerprint density at radius 3 is 2.73 bits per heavy atom. The molecule has 1 aromatic rings. The predicted molar refractivity (Wildman–Crippen MR) is 57.0 cm³/mol. The average Bonchev–Trinajstić information content (AvgIpc) is 2.89. The van der Waals surface area contributed by atoms with Gasteiger partial charge in [0, 0.05) is 11.6 Å². The number of benzene rings is 1. The number of anilines is 1. The summed E-state index contributed by atoms with van der Waals surface area (Å²) >= 11 is 0. The molecule has 1 aromatic carbocycles. The molecule has 1 aliphatic rings. The monoisotopic (exact) mass is 207 g/mol. The molecule has 1 N–H and O–H groups in total. The summed E-state index contributed by atoms with van der Waals surface area (Å²) in [4.78, 5) is 11.5. The van der Waals surface area contributed by atoms with E-state index in [0.717, 1.165) is 6.42 Å². The summed E-state index contributed by atoms with van der Waals surface area (Å²) in [6.07, 6.45) is 0.945. The zero-order valence-electron chi connectivity index (χ0n) is 8.88. The van der Waals surface area contributed by atoms with E-state index in [1.165, 1.54) is 6.07 Å². The third-order valence-corrected chi connectivity index (χ3v) is 2.89. The number of hydrogen-bond acceptors (Lipinski definition) is 1. The van der Waals surface area contributed by atoms with Crippen molar-refractivity contribution in [2.24, 2.45) is 11.8 Å². The Balaban J connectivity index is 2.04. The number of halogens is 1. The van der Waals surface area contributed by atoms with Gasteiger partial charge in [0.15, 0.2) is 0 Å². The lowest BCUT2D eigenvalue weighted by Gasteiger charge is -2.05. The third-order valence-electron chi connectivity index (χ3n) is 2.89. The number of carbonyl (C=O) groups is 1. The van der Waals surface area contributed by atoms with Gasteiger partial charge in [0.25, 0.3) is 0 Å². The summed E-state index contributed by atoms with van der Waals surface area (Å²) in [7, 11) is 0. The first-order chi connectivity index (χ1) is 7.08. The number of nitrogens with one attached hydrogen (secondary N) is 1. The van der Waals surface area contributed by atoms with Gasteiger partial charge in [0.2, 0.25) is 5.91 Å². The third kappa shape index (κ3) is 2.17. The molecule has 0 aliphatic heterocycles. The molecule has 2 nitrogen and oxygen atoms in total. The molecule has 1 amide bonds. The molecular weight excluding hydrogens is 193 g/mol. The van der Waals surface area contributed by atoms with Crippen molar-refractivity contribution in [2.45, 2.75) is 20.3 Å². The number of aryl methyl sites for hydroxylation is 1. The summed E-state index contributed by atoms with van der Waals surface area (Å²) in [5.41, 5.74) is 1.13. The lowest BCUT2D eigenvalue weighted by atomic mass is 10.2. The van der Waals surface area contributed by atoms with Crippen molar-refractivity contribution in [1.29, 1.82) is 0 Å². The summed E-state index contributed by atoms with van der Waals surface area (Å²) in [6, 6.07) is 4.75. The second-order valence-electron chi connectivity index (χ2n) is 4.27. The van der Waals surface area contributed by atoms with Gasteiger partial charge in [0.1, 0.15) is 5.82 Å². The molecule has 0 aromatic heterocycles. The SMILES string of the molecule is Cc1ccc(NC(=O)[C@H]2C[C@H]2C)cc1F. The van der Waals surface area contributed by atoms with E-state index in [2.05, 4.69) is 5.32 Å². The Hall–Kier alpha value is -1.38. The van der Waals surface area contributed by atoms with Gasteiger partial charge in [-0.1, -0.05) is 13.0 Å². The van der Waals surface area contributed by atoms with Crippen molar-refractivity contribution < 1.29 is 9.18 Å². The Labute approximate surface area is 88.5 Å². The van der Waals surface area contributed by atoms with Crippen LogP contribution in [0.15, 0.2) is 18.2 Å². The topological polar surface area (TPSA) is 29.1 Å². The number of rotatable bonds is 2. The Morgan fingerprint density at radius 1 is 1.53 bits per heavy atom. The Kier molecular flexibility index (Phi) is 2.47. The minimum atomic E-state index is -0.281. The van der Waals surface area contributed by atoms with Crippen molar-refractivity contribution in [3.05, 3.63) is 29.6 Å². The average molecular weight is 207 g/mol. The van der Waals surface area contributed by atoms with Crippen molar-refractivity contribution >= 4 is 11.6 Å². The van der Waals surface area contributed by atoms with Crippen LogP contribution in [0.1, 0.15) is 18.9 Å². The molecule has 1 saturated carbocycles. The van der Waals surface area contributed by atoms with E-state index in [0.29, 0.717) is 17.2 Å². The predicted octanol–water partition coefficient (Wildman–Crippen LogP) is 2.73. The van der Waals surface area contributed by atoms with E-state index in [4.69, 9.17) is 0 Å². The summed E-state index contributed by atoms with van der Waals surface area (Å²) in [6.45, 7) is 3.74. The van der Waals surface area contributed by atoms with E-state index < -0.39 is 0 Å². The highest BCUT2D eigenvalue weighted by molar-refractivity contribution is 5.94. The van der Waals surface area contributed by atoms with Crippen LogP contribution in [0.25, 0.3) is 0 Å². The molecule has 15 heavy (non-hydrogen) atoms. The smallest absolute Gasteiger partial charge is 0.227 e. The second-order valence-corrected chi connectivity index (χ2v) is 4.27. The number of amides is 1. The fourth-order valence-electron chi connectivity index (χ4n) is 1.59. The van der Waals surface area contributed by atoms with E-state index in [1.807, 2.05) is 6.92 Å². The van der Waals surface area contributed by atoms with Gasteiger partial charge < -0.3 is 5.32 Å².